The summed E-state index contributed by atoms with van der Waals surface area (Å²) in [5.74, 6) is 1.49. The average Bonchev–Trinajstić information content (AvgIpc) is 3.08. The molecule has 0 spiro atoms. The first-order chi connectivity index (χ1) is 13.1. The molecular weight excluding hydrogens is 366 g/mol. The van der Waals surface area contributed by atoms with Gasteiger partial charge in [0.15, 0.2) is 0 Å². The second-order valence-electron chi connectivity index (χ2n) is 6.52. The minimum Gasteiger partial charge on any atom is -0.391 e. The van der Waals surface area contributed by atoms with Crippen molar-refractivity contribution < 1.29 is 5.11 Å². The number of pyridine rings is 1. The molecule has 4 N–H and O–H groups in total. The van der Waals surface area contributed by atoms with Gasteiger partial charge in [0.05, 0.1) is 16.6 Å². The van der Waals surface area contributed by atoms with Crippen molar-refractivity contribution in [2.75, 3.05) is 35.6 Å². The van der Waals surface area contributed by atoms with Gasteiger partial charge in [-0.1, -0.05) is 23.7 Å². The van der Waals surface area contributed by atoms with E-state index in [9.17, 15) is 5.11 Å². The lowest BCUT2D eigenvalue weighted by Crippen LogP contribution is -2.24. The van der Waals surface area contributed by atoms with Crippen LogP contribution in [0.3, 0.4) is 0 Å². The molecule has 1 saturated heterocycles. The summed E-state index contributed by atoms with van der Waals surface area (Å²) in [5, 5.41) is 14.7. The van der Waals surface area contributed by atoms with Gasteiger partial charge in [-0.15, -0.1) is 0 Å². The number of fused-ring (bicyclic) bond motifs is 1. The fourth-order valence-corrected chi connectivity index (χ4v) is 3.52. The second kappa shape index (κ2) is 7.50. The van der Waals surface area contributed by atoms with Gasteiger partial charge in [0.2, 0.25) is 11.9 Å². The molecule has 4 rings (SSSR count). The quantitative estimate of drug-likeness (QED) is 0.610. The Balaban J connectivity index is 1.61. The van der Waals surface area contributed by atoms with E-state index in [1.165, 1.54) is 6.33 Å². The van der Waals surface area contributed by atoms with Crippen molar-refractivity contribution in [1.29, 1.82) is 0 Å². The molecule has 3 heterocycles. The van der Waals surface area contributed by atoms with Gasteiger partial charge in [0, 0.05) is 25.0 Å². The van der Waals surface area contributed by atoms with Crippen LogP contribution in [0.25, 0.3) is 10.9 Å². The largest absolute Gasteiger partial charge is 0.391 e. The Morgan fingerprint density at radius 1 is 1.30 bits per heavy atom. The number of para-hydroxylation sites is 1. The Hall–Kier alpha value is -2.71. The normalized spacial score (nSPS) is 16.8. The van der Waals surface area contributed by atoms with Crippen LogP contribution < -0.4 is 16.0 Å². The van der Waals surface area contributed by atoms with E-state index in [4.69, 9.17) is 22.3 Å². The van der Waals surface area contributed by atoms with E-state index in [2.05, 4.69) is 31.2 Å². The maximum absolute atomic E-state index is 9.93. The number of β-amino-alcohol motifs (C(OH)–C–C–N with tert-alkyl or cyclic N) is 1. The highest BCUT2D eigenvalue weighted by atomic mass is 35.5. The molecule has 1 atom stereocenters. The van der Waals surface area contributed by atoms with Crippen LogP contribution in [0.1, 0.15) is 12.0 Å². The third-order valence-electron chi connectivity index (χ3n) is 4.58. The molecule has 1 aromatic carbocycles. The first-order valence-corrected chi connectivity index (χ1v) is 9.17. The standard InChI is InChI=1S/C18H20ClN7O/c19-14-3-1-2-11-8-12(4-6-21-18-23-10-22-17(20)25-18)16(24-15(11)14)26-7-5-13(27)9-26/h1-3,8,10,13,27H,4-7,9H2,(H3,20,21,22,23,25)/t13-/m1/s1. The fraction of sp³-hybridized carbons (Fsp3) is 0.333. The highest BCUT2D eigenvalue weighted by Crippen LogP contribution is 2.30. The van der Waals surface area contributed by atoms with E-state index < -0.39 is 0 Å². The number of aromatic nitrogens is 4. The topological polar surface area (TPSA) is 113 Å². The van der Waals surface area contributed by atoms with Gasteiger partial charge in [-0.05, 0) is 30.5 Å². The third-order valence-corrected chi connectivity index (χ3v) is 4.89. The van der Waals surface area contributed by atoms with E-state index in [1.54, 1.807) is 0 Å². The summed E-state index contributed by atoms with van der Waals surface area (Å²) in [6, 6.07) is 7.87. The molecule has 3 aromatic rings. The number of hydrogen-bond donors (Lipinski definition) is 3. The summed E-state index contributed by atoms with van der Waals surface area (Å²) in [7, 11) is 0. The molecule has 0 unspecified atom stereocenters. The van der Waals surface area contributed by atoms with Crippen molar-refractivity contribution in [1.82, 2.24) is 19.9 Å². The number of anilines is 3. The van der Waals surface area contributed by atoms with Crippen LogP contribution in [-0.4, -0.2) is 50.8 Å². The minimum absolute atomic E-state index is 0.182. The average molecular weight is 386 g/mol. The minimum atomic E-state index is -0.326. The van der Waals surface area contributed by atoms with Gasteiger partial charge in [-0.3, -0.25) is 0 Å². The fourth-order valence-electron chi connectivity index (χ4n) is 3.29. The maximum atomic E-state index is 9.93. The predicted molar refractivity (Wildman–Crippen MR) is 106 cm³/mol. The Kier molecular flexibility index (Phi) is 4.91. The van der Waals surface area contributed by atoms with Crippen LogP contribution >= 0.6 is 11.6 Å². The van der Waals surface area contributed by atoms with Crippen LogP contribution in [0.4, 0.5) is 17.7 Å². The summed E-state index contributed by atoms with van der Waals surface area (Å²) >= 11 is 6.34. The number of aliphatic hydroxyl groups is 1. The molecule has 1 aliphatic heterocycles. The van der Waals surface area contributed by atoms with Gasteiger partial charge in [-0.25, -0.2) is 15.0 Å². The van der Waals surface area contributed by atoms with E-state index in [1.807, 2.05) is 18.2 Å². The van der Waals surface area contributed by atoms with Crippen molar-refractivity contribution in [3.8, 4) is 0 Å². The molecule has 1 fully saturated rings. The van der Waals surface area contributed by atoms with Crippen LogP contribution in [0.15, 0.2) is 30.6 Å². The number of nitrogens with two attached hydrogens (primary N) is 1. The zero-order valence-electron chi connectivity index (χ0n) is 14.6. The third kappa shape index (κ3) is 3.86. The number of aliphatic hydroxyl groups excluding tert-OH is 1. The molecule has 27 heavy (non-hydrogen) atoms. The van der Waals surface area contributed by atoms with E-state index in [-0.39, 0.29) is 12.1 Å². The molecule has 8 nitrogen and oxygen atoms in total. The number of hydrogen-bond acceptors (Lipinski definition) is 8. The molecule has 0 aliphatic carbocycles. The highest BCUT2D eigenvalue weighted by molar-refractivity contribution is 6.35. The smallest absolute Gasteiger partial charge is 0.227 e. The molecule has 0 amide bonds. The Bertz CT molecular complexity index is 968. The molecule has 0 radical (unpaired) electrons. The van der Waals surface area contributed by atoms with Gasteiger partial charge < -0.3 is 21.1 Å². The second-order valence-corrected chi connectivity index (χ2v) is 6.92. The Morgan fingerprint density at radius 2 is 2.19 bits per heavy atom. The SMILES string of the molecule is Nc1ncnc(NCCc2cc3cccc(Cl)c3nc2N2CC[C@@H](O)C2)n1. The lowest BCUT2D eigenvalue weighted by Gasteiger charge is -2.21. The Labute approximate surface area is 161 Å². The summed E-state index contributed by atoms with van der Waals surface area (Å²) in [6.45, 7) is 1.96. The van der Waals surface area contributed by atoms with Crippen LogP contribution in [0.2, 0.25) is 5.02 Å². The number of benzene rings is 1. The van der Waals surface area contributed by atoms with E-state index in [0.29, 0.717) is 30.5 Å². The maximum Gasteiger partial charge on any atom is 0.227 e. The molecule has 0 bridgehead atoms. The summed E-state index contributed by atoms with van der Waals surface area (Å²) in [4.78, 5) is 18.8. The predicted octanol–water partition coefficient (Wildman–Crippen LogP) is 1.88. The number of nitrogens with zero attached hydrogens (tertiary/aromatic N) is 5. The number of nitrogens with one attached hydrogen (secondary N) is 1. The van der Waals surface area contributed by atoms with E-state index in [0.717, 1.165) is 35.2 Å². The highest BCUT2D eigenvalue weighted by Gasteiger charge is 2.24. The molecular formula is C18H20ClN7O. The van der Waals surface area contributed by atoms with Crippen LogP contribution in [0, 0.1) is 0 Å². The van der Waals surface area contributed by atoms with Crippen molar-refractivity contribution in [2.24, 2.45) is 0 Å². The number of halogens is 1. The van der Waals surface area contributed by atoms with Crippen molar-refractivity contribution in [3.63, 3.8) is 0 Å². The molecule has 2 aromatic heterocycles. The molecule has 0 saturated carbocycles. The summed E-state index contributed by atoms with van der Waals surface area (Å²) in [5.41, 5.74) is 7.44. The first-order valence-electron chi connectivity index (χ1n) is 8.79. The van der Waals surface area contributed by atoms with Crippen molar-refractivity contribution in [3.05, 3.63) is 41.2 Å². The van der Waals surface area contributed by atoms with Gasteiger partial charge >= 0.3 is 0 Å². The van der Waals surface area contributed by atoms with Crippen LogP contribution in [0.5, 0.6) is 0 Å². The monoisotopic (exact) mass is 385 g/mol. The van der Waals surface area contributed by atoms with Gasteiger partial charge in [0.25, 0.3) is 0 Å². The van der Waals surface area contributed by atoms with Crippen molar-refractivity contribution >= 4 is 40.2 Å². The summed E-state index contributed by atoms with van der Waals surface area (Å²) < 4.78 is 0. The van der Waals surface area contributed by atoms with E-state index >= 15 is 0 Å². The number of rotatable bonds is 5. The zero-order valence-corrected chi connectivity index (χ0v) is 15.4. The Morgan fingerprint density at radius 3 is 2.96 bits per heavy atom. The van der Waals surface area contributed by atoms with Gasteiger partial charge in [0.1, 0.15) is 12.1 Å². The lowest BCUT2D eigenvalue weighted by molar-refractivity contribution is 0.198. The molecule has 140 valence electrons. The molecule has 9 heteroatoms. The van der Waals surface area contributed by atoms with Gasteiger partial charge in [-0.2, -0.15) is 4.98 Å². The lowest BCUT2D eigenvalue weighted by atomic mass is 10.1. The summed E-state index contributed by atoms with van der Waals surface area (Å²) in [6.07, 6.45) is 2.50. The first kappa shape index (κ1) is 17.7. The van der Waals surface area contributed by atoms with Crippen LogP contribution in [-0.2, 0) is 6.42 Å². The molecule has 1 aliphatic rings. The zero-order chi connectivity index (χ0) is 18.8. The van der Waals surface area contributed by atoms with Crippen molar-refractivity contribution in [2.45, 2.75) is 18.9 Å². The number of nitrogen functional groups attached to an aromatic ring is 1.